The normalized spacial score (nSPS) is 18.0. The van der Waals surface area contributed by atoms with Gasteiger partial charge in [0.05, 0.1) is 17.6 Å². The second-order valence-electron chi connectivity index (χ2n) is 4.74. The van der Waals surface area contributed by atoms with Crippen LogP contribution >= 0.6 is 0 Å². The number of nitrogens with zero attached hydrogens (tertiary/aromatic N) is 2. The molecule has 3 rings (SSSR count). The van der Waals surface area contributed by atoms with Crippen molar-refractivity contribution in [2.45, 2.75) is 17.9 Å². The SMILES string of the molecule is C[C@H](N)C1=Cc2cccc(F)c2S(=O)(=O)N1c1cn[nH]c1. The molecule has 1 aliphatic heterocycles. The predicted octanol–water partition coefficient (Wildman–Crippen LogP) is 1.45. The van der Waals surface area contributed by atoms with Crippen LogP contribution in [0.25, 0.3) is 6.08 Å². The van der Waals surface area contributed by atoms with Gasteiger partial charge in [-0.15, -0.1) is 0 Å². The molecule has 0 aliphatic carbocycles. The molecule has 110 valence electrons. The largest absolute Gasteiger partial charge is 0.323 e. The van der Waals surface area contributed by atoms with Crippen LogP contribution in [0.4, 0.5) is 10.1 Å². The van der Waals surface area contributed by atoms with Crippen LogP contribution in [0.2, 0.25) is 0 Å². The van der Waals surface area contributed by atoms with Crippen LogP contribution in [0.15, 0.2) is 41.2 Å². The number of nitrogens with two attached hydrogens (primary N) is 1. The van der Waals surface area contributed by atoms with Crippen molar-refractivity contribution in [2.75, 3.05) is 4.31 Å². The fraction of sp³-hybridized carbons (Fsp3) is 0.154. The van der Waals surface area contributed by atoms with Crippen molar-refractivity contribution in [3.05, 3.63) is 47.7 Å². The molecule has 1 aliphatic rings. The van der Waals surface area contributed by atoms with Gasteiger partial charge < -0.3 is 5.73 Å². The van der Waals surface area contributed by atoms with Crippen LogP contribution in [-0.4, -0.2) is 24.7 Å². The van der Waals surface area contributed by atoms with E-state index in [-0.39, 0.29) is 10.6 Å². The topological polar surface area (TPSA) is 92.1 Å². The minimum atomic E-state index is -4.08. The van der Waals surface area contributed by atoms with E-state index < -0.39 is 21.9 Å². The van der Waals surface area contributed by atoms with E-state index in [1.54, 1.807) is 19.1 Å². The molecule has 21 heavy (non-hydrogen) atoms. The molecular formula is C13H13FN4O2S. The van der Waals surface area contributed by atoms with Crippen molar-refractivity contribution in [1.29, 1.82) is 0 Å². The first kappa shape index (κ1) is 13.8. The third kappa shape index (κ3) is 2.03. The summed E-state index contributed by atoms with van der Waals surface area (Å²) in [7, 11) is -4.08. The Hall–Kier alpha value is -2.19. The molecule has 3 N–H and O–H groups in total. The number of halogens is 1. The van der Waals surface area contributed by atoms with Gasteiger partial charge in [-0.05, 0) is 24.6 Å². The molecule has 2 aromatic rings. The van der Waals surface area contributed by atoms with E-state index >= 15 is 0 Å². The lowest BCUT2D eigenvalue weighted by atomic mass is 10.1. The average Bonchev–Trinajstić information content (AvgIpc) is 2.90. The average molecular weight is 308 g/mol. The third-order valence-corrected chi connectivity index (χ3v) is 5.07. The molecular weight excluding hydrogens is 295 g/mol. The molecule has 1 aromatic heterocycles. The van der Waals surface area contributed by atoms with E-state index in [0.717, 1.165) is 10.4 Å². The smallest absolute Gasteiger partial charge is 0.272 e. The Kier molecular flexibility index (Phi) is 3.07. The van der Waals surface area contributed by atoms with Crippen molar-refractivity contribution in [1.82, 2.24) is 10.2 Å². The summed E-state index contributed by atoms with van der Waals surface area (Å²) in [6.45, 7) is 1.67. The Balaban J connectivity index is 2.34. The van der Waals surface area contributed by atoms with Gasteiger partial charge in [-0.1, -0.05) is 12.1 Å². The molecule has 0 unspecified atom stereocenters. The number of rotatable bonds is 2. The number of sulfonamides is 1. The van der Waals surface area contributed by atoms with Crippen molar-refractivity contribution >= 4 is 21.8 Å². The number of hydrogen-bond donors (Lipinski definition) is 2. The first-order valence-corrected chi connectivity index (χ1v) is 7.66. The van der Waals surface area contributed by atoms with E-state index in [9.17, 15) is 12.8 Å². The van der Waals surface area contributed by atoms with Gasteiger partial charge in [0.2, 0.25) is 0 Å². The lowest BCUT2D eigenvalue weighted by Crippen LogP contribution is -2.40. The minimum Gasteiger partial charge on any atom is -0.323 e. The molecule has 0 saturated heterocycles. The third-order valence-electron chi connectivity index (χ3n) is 3.22. The molecule has 1 atom stereocenters. The monoisotopic (exact) mass is 308 g/mol. The number of anilines is 1. The Bertz CT molecular complexity index is 813. The number of hydrogen-bond acceptors (Lipinski definition) is 4. The zero-order valence-corrected chi connectivity index (χ0v) is 11.9. The predicted molar refractivity (Wildman–Crippen MR) is 76.3 cm³/mol. The molecule has 0 bridgehead atoms. The van der Waals surface area contributed by atoms with E-state index in [1.165, 1.54) is 18.5 Å². The van der Waals surface area contributed by atoms with Crippen LogP contribution in [0.5, 0.6) is 0 Å². The van der Waals surface area contributed by atoms with Gasteiger partial charge in [-0.2, -0.15) is 5.10 Å². The minimum absolute atomic E-state index is 0.285. The zero-order valence-electron chi connectivity index (χ0n) is 11.1. The number of aromatic amines is 1. The maximum Gasteiger partial charge on any atom is 0.272 e. The van der Waals surface area contributed by atoms with Crippen LogP contribution in [0.1, 0.15) is 12.5 Å². The summed E-state index contributed by atoms with van der Waals surface area (Å²) in [5, 5.41) is 6.29. The van der Waals surface area contributed by atoms with Gasteiger partial charge in [-0.3, -0.25) is 5.10 Å². The highest BCUT2D eigenvalue weighted by Crippen LogP contribution is 2.36. The van der Waals surface area contributed by atoms with Gasteiger partial charge in [-0.25, -0.2) is 17.1 Å². The second kappa shape index (κ2) is 4.68. The maximum absolute atomic E-state index is 14.0. The summed E-state index contributed by atoms with van der Waals surface area (Å²) in [6, 6.07) is 3.58. The first-order valence-electron chi connectivity index (χ1n) is 6.22. The summed E-state index contributed by atoms with van der Waals surface area (Å²) < 4.78 is 40.6. The highest BCUT2D eigenvalue weighted by molar-refractivity contribution is 7.93. The number of fused-ring (bicyclic) bond motifs is 1. The molecule has 8 heteroatoms. The molecule has 0 fully saturated rings. The van der Waals surface area contributed by atoms with Gasteiger partial charge >= 0.3 is 0 Å². The summed E-state index contributed by atoms with van der Waals surface area (Å²) in [6.07, 6.45) is 4.34. The summed E-state index contributed by atoms with van der Waals surface area (Å²) in [5.74, 6) is -0.791. The quantitative estimate of drug-likeness (QED) is 0.878. The summed E-state index contributed by atoms with van der Waals surface area (Å²) >= 11 is 0. The molecule has 0 saturated carbocycles. The second-order valence-corrected chi connectivity index (χ2v) is 6.47. The van der Waals surface area contributed by atoms with Crippen molar-refractivity contribution in [2.24, 2.45) is 5.73 Å². The van der Waals surface area contributed by atoms with Gasteiger partial charge in [0, 0.05) is 12.2 Å². The first-order chi connectivity index (χ1) is 9.93. The fourth-order valence-electron chi connectivity index (χ4n) is 2.32. The highest BCUT2D eigenvalue weighted by atomic mass is 32.2. The maximum atomic E-state index is 14.0. The lowest BCUT2D eigenvalue weighted by molar-refractivity contribution is 0.562. The molecule has 1 aromatic carbocycles. The standard InChI is InChI=1S/C13H13FN4O2S/c1-8(15)12-5-9-3-2-4-11(14)13(9)21(19,20)18(12)10-6-16-17-7-10/h2-8H,15H2,1H3,(H,16,17)/t8-/m0/s1. The van der Waals surface area contributed by atoms with Crippen molar-refractivity contribution in [3.8, 4) is 0 Å². The van der Waals surface area contributed by atoms with Crippen LogP contribution in [-0.2, 0) is 10.0 Å². The molecule has 0 spiro atoms. The Morgan fingerprint density at radius 2 is 2.19 bits per heavy atom. The summed E-state index contributed by atoms with van der Waals surface area (Å²) in [4.78, 5) is -0.351. The van der Waals surface area contributed by atoms with E-state index in [2.05, 4.69) is 10.2 Å². The van der Waals surface area contributed by atoms with E-state index in [0.29, 0.717) is 11.3 Å². The number of benzene rings is 1. The molecule has 2 heterocycles. The number of aromatic nitrogens is 2. The van der Waals surface area contributed by atoms with Crippen LogP contribution in [0, 0.1) is 5.82 Å². The highest BCUT2D eigenvalue weighted by Gasteiger charge is 2.37. The Labute approximate surface area is 121 Å². The van der Waals surface area contributed by atoms with Crippen LogP contribution in [0.3, 0.4) is 0 Å². The summed E-state index contributed by atoms with van der Waals surface area (Å²) in [5.41, 5.74) is 6.82. The molecule has 0 radical (unpaired) electrons. The van der Waals surface area contributed by atoms with E-state index in [1.807, 2.05) is 0 Å². The van der Waals surface area contributed by atoms with E-state index in [4.69, 9.17) is 5.73 Å². The lowest BCUT2D eigenvalue weighted by Gasteiger charge is -2.31. The van der Waals surface area contributed by atoms with Crippen molar-refractivity contribution < 1.29 is 12.8 Å². The van der Waals surface area contributed by atoms with Gasteiger partial charge in [0.25, 0.3) is 10.0 Å². The molecule has 6 nitrogen and oxygen atoms in total. The van der Waals surface area contributed by atoms with Crippen molar-refractivity contribution in [3.63, 3.8) is 0 Å². The Morgan fingerprint density at radius 1 is 1.43 bits per heavy atom. The number of nitrogens with one attached hydrogen (secondary N) is 1. The van der Waals surface area contributed by atoms with Crippen LogP contribution < -0.4 is 10.0 Å². The van der Waals surface area contributed by atoms with Gasteiger partial charge in [0.15, 0.2) is 0 Å². The molecule has 0 amide bonds. The zero-order chi connectivity index (χ0) is 15.2. The number of H-pyrrole nitrogens is 1. The fourth-order valence-corrected chi connectivity index (χ4v) is 4.11. The Morgan fingerprint density at radius 3 is 2.81 bits per heavy atom. The van der Waals surface area contributed by atoms with Gasteiger partial charge in [0.1, 0.15) is 10.7 Å².